The Hall–Kier alpha value is -1.49. The van der Waals surface area contributed by atoms with E-state index in [1.54, 1.807) is 18.2 Å². The van der Waals surface area contributed by atoms with Crippen LogP contribution in [-0.4, -0.2) is 0 Å². The van der Waals surface area contributed by atoms with Gasteiger partial charge in [-0.15, -0.1) is 0 Å². The molecule has 0 aromatic heterocycles. The van der Waals surface area contributed by atoms with E-state index in [1.165, 1.54) is 0 Å². The Morgan fingerprint density at radius 1 is 1.00 bits per heavy atom. The molecule has 1 nitrogen and oxygen atoms in total. The number of nitriles is 1. The molecule has 0 aliphatic heterocycles. The molecule has 0 amide bonds. The first-order chi connectivity index (χ1) is 9.07. The third-order valence-electron chi connectivity index (χ3n) is 3.25. The molecular weight excluding hydrogens is 277 g/mol. The molecule has 96 valence electrons. The first-order valence-electron chi connectivity index (χ1n) is 5.96. The predicted octanol–water partition coefficient (Wildman–Crippen LogP) is 5.02. The number of hydrogen-bond donors (Lipinski definition) is 0. The molecule has 0 saturated carbocycles. The molecule has 0 spiro atoms. The maximum Gasteiger partial charge on any atom is 0.0835 e. The summed E-state index contributed by atoms with van der Waals surface area (Å²) < 4.78 is 0. The monoisotopic (exact) mass is 289 g/mol. The molecule has 2 aromatic rings. The fourth-order valence-corrected chi connectivity index (χ4v) is 2.60. The fraction of sp³-hybridized carbons (Fsp3) is 0.188. The van der Waals surface area contributed by atoms with Gasteiger partial charge >= 0.3 is 0 Å². The molecule has 3 heteroatoms. The van der Waals surface area contributed by atoms with Gasteiger partial charge in [0.2, 0.25) is 0 Å². The summed E-state index contributed by atoms with van der Waals surface area (Å²) in [5.41, 5.74) is 1.14. The Labute approximate surface area is 123 Å². The normalized spacial score (nSPS) is 13.6. The van der Waals surface area contributed by atoms with E-state index in [4.69, 9.17) is 23.2 Å². The molecule has 0 aliphatic carbocycles. The summed E-state index contributed by atoms with van der Waals surface area (Å²) in [6, 6.07) is 17.5. The van der Waals surface area contributed by atoms with E-state index in [1.807, 2.05) is 37.3 Å². The Balaban J connectivity index is 2.43. The van der Waals surface area contributed by atoms with E-state index >= 15 is 0 Å². The van der Waals surface area contributed by atoms with Gasteiger partial charge in [-0.05, 0) is 36.6 Å². The van der Waals surface area contributed by atoms with Crippen molar-refractivity contribution >= 4 is 23.2 Å². The minimum atomic E-state index is -0.643. The molecule has 0 bridgehead atoms. The molecule has 1 atom stereocenters. The standard InChI is InChI=1S/C16H13Cl2N/c1-16(11-19,12-6-3-2-4-7-12)10-13-14(17)8-5-9-15(13)18/h2-9H,10H2,1H3. The molecule has 2 aromatic carbocycles. The second kappa shape index (κ2) is 5.65. The quantitative estimate of drug-likeness (QED) is 0.778. The molecule has 19 heavy (non-hydrogen) atoms. The average molecular weight is 290 g/mol. The van der Waals surface area contributed by atoms with Crippen molar-refractivity contribution < 1.29 is 0 Å². The van der Waals surface area contributed by atoms with Gasteiger partial charge in [0.25, 0.3) is 0 Å². The molecule has 0 saturated heterocycles. The SMILES string of the molecule is CC(C#N)(Cc1c(Cl)cccc1Cl)c1ccccc1. The Bertz CT molecular complexity index is 596. The second-order valence-electron chi connectivity index (χ2n) is 4.69. The van der Waals surface area contributed by atoms with Crippen LogP contribution in [0.3, 0.4) is 0 Å². The molecular formula is C16H13Cl2N. The maximum absolute atomic E-state index is 9.55. The van der Waals surface area contributed by atoms with Gasteiger partial charge in [0.1, 0.15) is 0 Å². The molecule has 0 heterocycles. The zero-order valence-corrected chi connectivity index (χ0v) is 12.0. The highest BCUT2D eigenvalue weighted by molar-refractivity contribution is 6.36. The van der Waals surface area contributed by atoms with E-state index < -0.39 is 5.41 Å². The van der Waals surface area contributed by atoms with Gasteiger partial charge in [0.15, 0.2) is 0 Å². The van der Waals surface area contributed by atoms with Gasteiger partial charge in [-0.1, -0.05) is 59.6 Å². The number of benzene rings is 2. The third-order valence-corrected chi connectivity index (χ3v) is 3.96. The lowest BCUT2D eigenvalue weighted by Gasteiger charge is -2.23. The summed E-state index contributed by atoms with van der Waals surface area (Å²) in [7, 11) is 0. The first-order valence-corrected chi connectivity index (χ1v) is 6.72. The summed E-state index contributed by atoms with van der Waals surface area (Å²) in [5, 5.41) is 10.7. The van der Waals surface area contributed by atoms with Crippen molar-refractivity contribution in [1.29, 1.82) is 5.26 Å². The van der Waals surface area contributed by atoms with Crippen molar-refractivity contribution in [1.82, 2.24) is 0 Å². The summed E-state index contributed by atoms with van der Waals surface area (Å²) in [4.78, 5) is 0. The molecule has 0 N–H and O–H groups in total. The lowest BCUT2D eigenvalue weighted by atomic mass is 9.78. The summed E-state index contributed by atoms with van der Waals surface area (Å²) in [6.45, 7) is 1.90. The molecule has 1 unspecified atom stereocenters. The van der Waals surface area contributed by atoms with Gasteiger partial charge in [0.05, 0.1) is 11.5 Å². The van der Waals surface area contributed by atoms with Crippen LogP contribution in [-0.2, 0) is 11.8 Å². The van der Waals surface area contributed by atoms with Crippen LogP contribution in [0.2, 0.25) is 10.0 Å². The number of nitrogens with zero attached hydrogens (tertiary/aromatic N) is 1. The van der Waals surface area contributed by atoms with E-state index in [-0.39, 0.29) is 0 Å². The smallest absolute Gasteiger partial charge is 0.0835 e. The van der Waals surface area contributed by atoms with Gasteiger partial charge in [0, 0.05) is 10.0 Å². The zero-order valence-electron chi connectivity index (χ0n) is 10.5. The van der Waals surface area contributed by atoms with Crippen LogP contribution < -0.4 is 0 Å². The van der Waals surface area contributed by atoms with Crippen LogP contribution in [0.25, 0.3) is 0 Å². The minimum absolute atomic E-state index is 0.492. The van der Waals surface area contributed by atoms with Crippen molar-refractivity contribution in [3.05, 3.63) is 69.7 Å². The highest BCUT2D eigenvalue weighted by Crippen LogP contribution is 2.33. The van der Waals surface area contributed by atoms with Crippen molar-refractivity contribution in [3.8, 4) is 6.07 Å². The summed E-state index contributed by atoms with van der Waals surface area (Å²) in [6.07, 6.45) is 0.492. The molecule has 0 aliphatic rings. The van der Waals surface area contributed by atoms with Crippen LogP contribution in [0, 0.1) is 11.3 Å². The summed E-state index contributed by atoms with van der Waals surface area (Å²) in [5.74, 6) is 0. The Morgan fingerprint density at radius 3 is 2.11 bits per heavy atom. The lowest BCUT2D eigenvalue weighted by Crippen LogP contribution is -2.23. The Morgan fingerprint density at radius 2 is 1.58 bits per heavy atom. The van der Waals surface area contributed by atoms with Crippen molar-refractivity contribution in [2.24, 2.45) is 0 Å². The Kier molecular flexibility index (Phi) is 4.14. The maximum atomic E-state index is 9.55. The van der Waals surface area contributed by atoms with Crippen LogP contribution in [0.4, 0.5) is 0 Å². The summed E-state index contributed by atoms with van der Waals surface area (Å²) >= 11 is 12.4. The predicted molar refractivity (Wildman–Crippen MR) is 79.6 cm³/mol. The number of rotatable bonds is 3. The van der Waals surface area contributed by atoms with E-state index in [0.29, 0.717) is 16.5 Å². The van der Waals surface area contributed by atoms with Crippen molar-refractivity contribution in [3.63, 3.8) is 0 Å². The highest BCUT2D eigenvalue weighted by atomic mass is 35.5. The van der Waals surface area contributed by atoms with E-state index in [9.17, 15) is 5.26 Å². The van der Waals surface area contributed by atoms with Crippen LogP contribution in [0.1, 0.15) is 18.1 Å². The average Bonchev–Trinajstić information content (AvgIpc) is 2.44. The van der Waals surface area contributed by atoms with Crippen LogP contribution >= 0.6 is 23.2 Å². The number of hydrogen-bond acceptors (Lipinski definition) is 1. The van der Waals surface area contributed by atoms with Crippen LogP contribution in [0.5, 0.6) is 0 Å². The van der Waals surface area contributed by atoms with Gasteiger partial charge < -0.3 is 0 Å². The van der Waals surface area contributed by atoms with Gasteiger partial charge in [-0.25, -0.2) is 0 Å². The lowest BCUT2D eigenvalue weighted by molar-refractivity contribution is 0.607. The second-order valence-corrected chi connectivity index (χ2v) is 5.50. The topological polar surface area (TPSA) is 23.8 Å². The van der Waals surface area contributed by atoms with Gasteiger partial charge in [-0.3, -0.25) is 0 Å². The van der Waals surface area contributed by atoms with Crippen molar-refractivity contribution in [2.75, 3.05) is 0 Å². The minimum Gasteiger partial charge on any atom is -0.197 e. The third kappa shape index (κ3) is 2.92. The van der Waals surface area contributed by atoms with E-state index in [2.05, 4.69) is 6.07 Å². The highest BCUT2D eigenvalue weighted by Gasteiger charge is 2.28. The number of halogens is 2. The van der Waals surface area contributed by atoms with Crippen LogP contribution in [0.15, 0.2) is 48.5 Å². The first kappa shape index (κ1) is 13.9. The molecule has 0 radical (unpaired) electrons. The van der Waals surface area contributed by atoms with Crippen molar-refractivity contribution in [2.45, 2.75) is 18.8 Å². The zero-order chi connectivity index (χ0) is 13.9. The molecule has 2 rings (SSSR count). The largest absolute Gasteiger partial charge is 0.197 e. The molecule has 0 fully saturated rings. The van der Waals surface area contributed by atoms with E-state index in [0.717, 1.165) is 11.1 Å². The van der Waals surface area contributed by atoms with Gasteiger partial charge in [-0.2, -0.15) is 5.26 Å². The fourth-order valence-electron chi connectivity index (χ4n) is 2.07.